The van der Waals surface area contributed by atoms with Crippen molar-refractivity contribution in [1.29, 1.82) is 0 Å². The van der Waals surface area contributed by atoms with Gasteiger partial charge in [0, 0.05) is 19.0 Å². The van der Waals surface area contributed by atoms with Crippen molar-refractivity contribution < 1.29 is 19.1 Å². The molecule has 1 aliphatic rings. The summed E-state index contributed by atoms with van der Waals surface area (Å²) in [6, 6.07) is 9.42. The van der Waals surface area contributed by atoms with Gasteiger partial charge in [0.1, 0.15) is 0 Å². The Morgan fingerprint density at radius 2 is 1.79 bits per heavy atom. The molecule has 1 saturated heterocycles. The van der Waals surface area contributed by atoms with Gasteiger partial charge in [-0.3, -0.25) is 14.4 Å². The van der Waals surface area contributed by atoms with Crippen LogP contribution in [0.4, 0.5) is 0 Å². The van der Waals surface area contributed by atoms with Crippen LogP contribution in [-0.4, -0.2) is 41.4 Å². The van der Waals surface area contributed by atoms with Crippen LogP contribution >= 0.6 is 0 Å². The molecule has 1 fully saturated rings. The molecule has 154 valence electrons. The van der Waals surface area contributed by atoms with Crippen LogP contribution in [0, 0.1) is 11.8 Å². The van der Waals surface area contributed by atoms with Gasteiger partial charge < -0.3 is 15.0 Å². The first kappa shape index (κ1) is 21.9. The maximum absolute atomic E-state index is 12.8. The number of hydrogen-bond acceptors (Lipinski definition) is 4. The summed E-state index contributed by atoms with van der Waals surface area (Å²) in [6.45, 7) is 9.88. The molecule has 6 heteroatoms. The number of likely N-dealkylation sites (tertiary alicyclic amines) is 1. The van der Waals surface area contributed by atoms with Crippen molar-refractivity contribution >= 4 is 17.8 Å². The molecular formula is C22H32N2O4. The van der Waals surface area contributed by atoms with Gasteiger partial charge in [0.2, 0.25) is 11.8 Å². The number of rotatable bonds is 8. The van der Waals surface area contributed by atoms with E-state index >= 15 is 0 Å². The number of carbonyl (C=O) groups excluding carboxylic acids is 3. The summed E-state index contributed by atoms with van der Waals surface area (Å²) in [5.74, 6) is -0.832. The Hall–Kier alpha value is -2.37. The molecule has 0 bridgehead atoms. The standard InChI is InChI=1S/C22H32N2O4/c1-14(2)19(12-21(26)28-15(3)4)23-22(27)18-11-20(25)24(13-18)16(5)17-9-7-6-8-10-17/h6-10,14-16,18-19H,11-13H2,1-5H3,(H,23,27). The molecular weight excluding hydrogens is 356 g/mol. The minimum Gasteiger partial charge on any atom is -0.463 e. The molecule has 2 amide bonds. The molecule has 0 aromatic heterocycles. The van der Waals surface area contributed by atoms with Gasteiger partial charge in [0.05, 0.1) is 24.5 Å². The first-order valence-corrected chi connectivity index (χ1v) is 10.0. The van der Waals surface area contributed by atoms with Gasteiger partial charge in [-0.2, -0.15) is 0 Å². The molecule has 0 spiro atoms. The van der Waals surface area contributed by atoms with Gasteiger partial charge in [-0.15, -0.1) is 0 Å². The Morgan fingerprint density at radius 3 is 2.36 bits per heavy atom. The van der Waals surface area contributed by atoms with Crippen LogP contribution in [-0.2, 0) is 19.1 Å². The van der Waals surface area contributed by atoms with Crippen LogP contribution in [0.25, 0.3) is 0 Å². The third-order valence-corrected chi connectivity index (χ3v) is 5.16. The lowest BCUT2D eigenvalue weighted by Gasteiger charge is -2.26. The first-order valence-electron chi connectivity index (χ1n) is 10.0. The average Bonchev–Trinajstić information content (AvgIpc) is 3.02. The fourth-order valence-corrected chi connectivity index (χ4v) is 3.44. The second-order valence-electron chi connectivity index (χ2n) is 8.14. The topological polar surface area (TPSA) is 75.7 Å². The lowest BCUT2D eigenvalue weighted by molar-refractivity contribution is -0.148. The summed E-state index contributed by atoms with van der Waals surface area (Å²) in [6.07, 6.45) is 0.146. The van der Waals surface area contributed by atoms with Crippen molar-refractivity contribution in [3.05, 3.63) is 35.9 Å². The summed E-state index contributed by atoms with van der Waals surface area (Å²) < 4.78 is 5.20. The second kappa shape index (κ2) is 9.71. The molecule has 0 saturated carbocycles. The van der Waals surface area contributed by atoms with Gasteiger partial charge in [0.15, 0.2) is 0 Å². The zero-order valence-electron chi connectivity index (χ0n) is 17.5. The quantitative estimate of drug-likeness (QED) is 0.695. The smallest absolute Gasteiger partial charge is 0.308 e. The Labute approximate surface area is 167 Å². The number of carbonyl (C=O) groups is 3. The predicted octanol–water partition coefficient (Wildman–Crippen LogP) is 3.08. The van der Waals surface area contributed by atoms with Crippen LogP contribution in [0.3, 0.4) is 0 Å². The van der Waals surface area contributed by atoms with Crippen molar-refractivity contribution in [2.75, 3.05) is 6.54 Å². The fraction of sp³-hybridized carbons (Fsp3) is 0.591. The van der Waals surface area contributed by atoms with Crippen LogP contribution in [0.15, 0.2) is 30.3 Å². The van der Waals surface area contributed by atoms with Crippen LogP contribution in [0.2, 0.25) is 0 Å². The number of ether oxygens (including phenoxy) is 1. The van der Waals surface area contributed by atoms with Crippen molar-refractivity contribution in [1.82, 2.24) is 10.2 Å². The molecule has 1 aromatic carbocycles. The lowest BCUT2D eigenvalue weighted by Crippen LogP contribution is -2.44. The summed E-state index contributed by atoms with van der Waals surface area (Å²) in [4.78, 5) is 39.0. The van der Waals surface area contributed by atoms with Crippen LogP contribution in [0.5, 0.6) is 0 Å². The van der Waals surface area contributed by atoms with Crippen molar-refractivity contribution in [2.24, 2.45) is 11.8 Å². The van der Waals surface area contributed by atoms with Crippen molar-refractivity contribution in [3.63, 3.8) is 0 Å². The number of benzene rings is 1. The lowest BCUT2D eigenvalue weighted by atomic mass is 9.99. The second-order valence-corrected chi connectivity index (χ2v) is 8.14. The third-order valence-electron chi connectivity index (χ3n) is 5.16. The Bertz CT molecular complexity index is 687. The average molecular weight is 389 g/mol. The highest BCUT2D eigenvalue weighted by Gasteiger charge is 2.38. The molecule has 1 N–H and O–H groups in total. The van der Waals surface area contributed by atoms with Crippen molar-refractivity contribution in [3.8, 4) is 0 Å². The van der Waals surface area contributed by atoms with Gasteiger partial charge in [-0.05, 0) is 32.3 Å². The van der Waals surface area contributed by atoms with E-state index in [4.69, 9.17) is 4.74 Å². The molecule has 6 nitrogen and oxygen atoms in total. The number of amides is 2. The molecule has 3 unspecified atom stereocenters. The van der Waals surface area contributed by atoms with Crippen molar-refractivity contribution in [2.45, 2.75) is 65.6 Å². The number of esters is 1. The van der Waals surface area contributed by atoms with Gasteiger partial charge in [0.25, 0.3) is 0 Å². The normalized spacial score (nSPS) is 19.0. The highest BCUT2D eigenvalue weighted by Crippen LogP contribution is 2.28. The molecule has 2 rings (SSSR count). The van der Waals surface area contributed by atoms with Crippen LogP contribution in [0.1, 0.15) is 59.1 Å². The zero-order valence-corrected chi connectivity index (χ0v) is 17.5. The predicted molar refractivity (Wildman–Crippen MR) is 107 cm³/mol. The molecule has 1 aromatic rings. The Balaban J connectivity index is 1.98. The molecule has 0 aliphatic carbocycles. The number of hydrogen-bond donors (Lipinski definition) is 1. The van der Waals surface area contributed by atoms with Crippen LogP contribution < -0.4 is 5.32 Å². The number of nitrogens with one attached hydrogen (secondary N) is 1. The Kier molecular flexibility index (Phi) is 7.61. The molecule has 3 atom stereocenters. The van der Waals surface area contributed by atoms with Gasteiger partial charge >= 0.3 is 5.97 Å². The van der Waals surface area contributed by atoms with E-state index in [1.807, 2.05) is 51.1 Å². The highest BCUT2D eigenvalue weighted by atomic mass is 16.5. The molecule has 1 aliphatic heterocycles. The van der Waals surface area contributed by atoms with Gasteiger partial charge in [-0.1, -0.05) is 44.2 Å². The maximum Gasteiger partial charge on any atom is 0.308 e. The maximum atomic E-state index is 12.8. The highest BCUT2D eigenvalue weighted by molar-refractivity contribution is 5.89. The van der Waals surface area contributed by atoms with E-state index < -0.39 is 5.92 Å². The largest absolute Gasteiger partial charge is 0.463 e. The monoisotopic (exact) mass is 388 g/mol. The van der Waals surface area contributed by atoms with E-state index in [0.717, 1.165) is 5.56 Å². The minimum absolute atomic E-state index is 0.0168. The first-order chi connectivity index (χ1) is 13.2. The van der Waals surface area contributed by atoms with E-state index in [1.165, 1.54) is 0 Å². The van der Waals surface area contributed by atoms with E-state index in [-0.39, 0.29) is 54.7 Å². The van der Waals surface area contributed by atoms with E-state index in [1.54, 1.807) is 18.7 Å². The van der Waals surface area contributed by atoms with E-state index in [2.05, 4.69) is 5.32 Å². The molecule has 28 heavy (non-hydrogen) atoms. The van der Waals surface area contributed by atoms with E-state index in [0.29, 0.717) is 6.54 Å². The zero-order chi connectivity index (χ0) is 20.8. The van der Waals surface area contributed by atoms with E-state index in [9.17, 15) is 14.4 Å². The molecule has 1 heterocycles. The number of nitrogens with zero attached hydrogens (tertiary/aromatic N) is 1. The Morgan fingerprint density at radius 1 is 1.14 bits per heavy atom. The van der Waals surface area contributed by atoms with Gasteiger partial charge in [-0.25, -0.2) is 0 Å². The molecule has 0 radical (unpaired) electrons. The summed E-state index contributed by atoms with van der Waals surface area (Å²) in [5.41, 5.74) is 1.05. The SMILES string of the molecule is CC(C)OC(=O)CC(NC(=O)C1CC(=O)N(C(C)c2ccccc2)C1)C(C)C. The fourth-order valence-electron chi connectivity index (χ4n) is 3.44. The minimum atomic E-state index is -0.402. The third kappa shape index (κ3) is 5.81. The summed E-state index contributed by atoms with van der Waals surface area (Å²) in [5, 5.41) is 2.96. The summed E-state index contributed by atoms with van der Waals surface area (Å²) >= 11 is 0. The summed E-state index contributed by atoms with van der Waals surface area (Å²) in [7, 11) is 0.